The van der Waals surface area contributed by atoms with Crippen LogP contribution < -0.4 is 0 Å². The molecule has 2 saturated heterocycles. The number of rotatable bonds is 2. The van der Waals surface area contributed by atoms with Crippen molar-refractivity contribution in [2.24, 2.45) is 23.7 Å². The van der Waals surface area contributed by atoms with Gasteiger partial charge in [0.25, 0.3) is 0 Å². The molecule has 3 aliphatic rings. The van der Waals surface area contributed by atoms with Gasteiger partial charge < -0.3 is 0 Å². The van der Waals surface area contributed by atoms with Gasteiger partial charge in [-0.05, 0) is 57.3 Å². The van der Waals surface area contributed by atoms with E-state index in [-0.39, 0.29) is 0 Å². The van der Waals surface area contributed by atoms with Crippen molar-refractivity contribution in [1.82, 2.24) is 9.80 Å². The number of likely N-dealkylation sites (tertiary alicyclic amines) is 2. The Morgan fingerprint density at radius 1 is 0.895 bits per heavy atom. The van der Waals surface area contributed by atoms with Crippen molar-refractivity contribution < 1.29 is 0 Å². The number of nitrogens with zero attached hydrogens (tertiary/aromatic N) is 2. The molecule has 2 heteroatoms. The first-order valence-corrected chi connectivity index (χ1v) is 8.33. The van der Waals surface area contributed by atoms with E-state index in [9.17, 15) is 0 Å². The minimum atomic E-state index is 0.374. The maximum Gasteiger partial charge on any atom is 0.0125 e. The maximum absolute atomic E-state index is 2.78. The summed E-state index contributed by atoms with van der Waals surface area (Å²) < 4.78 is 0. The van der Waals surface area contributed by atoms with Gasteiger partial charge in [-0.15, -0.1) is 0 Å². The Balaban J connectivity index is 1.50. The fraction of sp³-hybridized carbons (Fsp3) is 1.00. The quantitative estimate of drug-likeness (QED) is 0.756. The normalized spacial score (nSPS) is 37.9. The van der Waals surface area contributed by atoms with Gasteiger partial charge in [-0.3, -0.25) is 9.80 Å². The van der Waals surface area contributed by atoms with Crippen LogP contribution in [0.25, 0.3) is 0 Å². The molecule has 3 fully saturated rings. The average Bonchev–Trinajstić information content (AvgIpc) is 2.69. The van der Waals surface area contributed by atoms with Crippen LogP contribution in [0, 0.1) is 23.7 Å². The van der Waals surface area contributed by atoms with Gasteiger partial charge in [-0.25, -0.2) is 0 Å². The summed E-state index contributed by atoms with van der Waals surface area (Å²) in [4.78, 5) is 5.50. The molecule has 2 nitrogen and oxygen atoms in total. The molecule has 0 spiro atoms. The first-order chi connectivity index (χ1) is 8.84. The van der Waals surface area contributed by atoms with E-state index in [2.05, 4.69) is 44.4 Å². The van der Waals surface area contributed by atoms with Crippen LogP contribution in [0.3, 0.4) is 0 Å². The highest BCUT2D eigenvalue weighted by Gasteiger charge is 2.46. The minimum Gasteiger partial charge on any atom is -0.300 e. The fourth-order valence-electron chi connectivity index (χ4n) is 4.38. The summed E-state index contributed by atoms with van der Waals surface area (Å²) in [5, 5.41) is 0. The minimum absolute atomic E-state index is 0.374. The van der Waals surface area contributed by atoms with Gasteiger partial charge in [-0.1, -0.05) is 13.8 Å². The smallest absolute Gasteiger partial charge is 0.0125 e. The lowest BCUT2D eigenvalue weighted by Crippen LogP contribution is -2.53. The van der Waals surface area contributed by atoms with Gasteiger partial charge >= 0.3 is 0 Å². The Morgan fingerprint density at radius 3 is 1.84 bits per heavy atom. The van der Waals surface area contributed by atoms with Crippen LogP contribution in [-0.4, -0.2) is 47.6 Å². The van der Waals surface area contributed by atoms with Crippen LogP contribution in [0.2, 0.25) is 0 Å². The van der Waals surface area contributed by atoms with E-state index in [1.54, 1.807) is 0 Å². The SMILES string of the molecule is CC(C)C1CN(C2C[C@@H]3CN(C(C)(C)C)C[C@@H]3C2)C1. The second kappa shape index (κ2) is 4.73. The fourth-order valence-corrected chi connectivity index (χ4v) is 4.38. The van der Waals surface area contributed by atoms with Crippen LogP contribution in [0.15, 0.2) is 0 Å². The second-order valence-electron chi connectivity index (χ2n) is 8.68. The molecule has 2 heterocycles. The van der Waals surface area contributed by atoms with Crippen LogP contribution >= 0.6 is 0 Å². The monoisotopic (exact) mass is 264 g/mol. The van der Waals surface area contributed by atoms with Gasteiger partial charge in [0, 0.05) is 37.8 Å². The first-order valence-electron chi connectivity index (χ1n) is 8.33. The third-order valence-electron chi connectivity index (χ3n) is 6.07. The molecule has 19 heavy (non-hydrogen) atoms. The zero-order chi connectivity index (χ0) is 13.8. The largest absolute Gasteiger partial charge is 0.300 e. The topological polar surface area (TPSA) is 6.48 Å². The van der Waals surface area contributed by atoms with Crippen LogP contribution in [0.5, 0.6) is 0 Å². The molecule has 1 aliphatic carbocycles. The highest BCUT2D eigenvalue weighted by Crippen LogP contribution is 2.44. The second-order valence-corrected chi connectivity index (χ2v) is 8.68. The third kappa shape index (κ3) is 2.58. The van der Waals surface area contributed by atoms with Gasteiger partial charge in [0.1, 0.15) is 0 Å². The molecule has 2 aliphatic heterocycles. The van der Waals surface area contributed by atoms with Gasteiger partial charge in [-0.2, -0.15) is 0 Å². The molecule has 1 unspecified atom stereocenters. The van der Waals surface area contributed by atoms with E-state index in [1.165, 1.54) is 39.0 Å². The van der Waals surface area contributed by atoms with E-state index in [4.69, 9.17) is 0 Å². The highest BCUT2D eigenvalue weighted by molar-refractivity contribution is 5.00. The zero-order valence-corrected chi connectivity index (χ0v) is 13.5. The van der Waals surface area contributed by atoms with E-state index >= 15 is 0 Å². The summed E-state index contributed by atoms with van der Waals surface area (Å²) in [7, 11) is 0. The number of hydrogen-bond donors (Lipinski definition) is 0. The Labute approximate surface area is 119 Å². The van der Waals surface area contributed by atoms with Crippen molar-refractivity contribution in [2.75, 3.05) is 26.2 Å². The molecule has 0 N–H and O–H groups in total. The third-order valence-corrected chi connectivity index (χ3v) is 6.07. The number of hydrogen-bond acceptors (Lipinski definition) is 2. The van der Waals surface area contributed by atoms with E-state index in [1.807, 2.05) is 0 Å². The molecule has 110 valence electrons. The molecule has 0 aromatic carbocycles. The highest BCUT2D eigenvalue weighted by atomic mass is 15.2. The van der Waals surface area contributed by atoms with Crippen molar-refractivity contribution in [2.45, 2.75) is 59.0 Å². The van der Waals surface area contributed by atoms with Crippen LogP contribution in [-0.2, 0) is 0 Å². The van der Waals surface area contributed by atoms with Gasteiger partial charge in [0.2, 0.25) is 0 Å². The maximum atomic E-state index is 2.78. The molecule has 3 atom stereocenters. The summed E-state index contributed by atoms with van der Waals surface area (Å²) in [6.07, 6.45) is 2.95. The average molecular weight is 264 g/mol. The van der Waals surface area contributed by atoms with Crippen molar-refractivity contribution >= 4 is 0 Å². The Bertz CT molecular complexity index is 311. The van der Waals surface area contributed by atoms with E-state index in [0.717, 1.165) is 29.7 Å². The zero-order valence-electron chi connectivity index (χ0n) is 13.5. The molecule has 0 bridgehead atoms. The van der Waals surface area contributed by atoms with E-state index in [0.29, 0.717) is 5.54 Å². The molecule has 1 saturated carbocycles. The molecule has 0 aromatic heterocycles. The summed E-state index contributed by atoms with van der Waals surface area (Å²) in [6, 6.07) is 0.923. The van der Waals surface area contributed by atoms with Crippen molar-refractivity contribution in [3.05, 3.63) is 0 Å². The Hall–Kier alpha value is -0.0800. The molecular formula is C17H32N2. The van der Waals surface area contributed by atoms with Crippen LogP contribution in [0.1, 0.15) is 47.5 Å². The molecular weight excluding hydrogens is 232 g/mol. The molecule has 0 amide bonds. The first kappa shape index (κ1) is 13.9. The summed E-state index contributed by atoms with van der Waals surface area (Å²) >= 11 is 0. The predicted octanol–water partition coefficient (Wildman–Crippen LogP) is 3.08. The predicted molar refractivity (Wildman–Crippen MR) is 81.2 cm³/mol. The van der Waals surface area contributed by atoms with Crippen molar-refractivity contribution in [3.63, 3.8) is 0 Å². The molecule has 3 rings (SSSR count). The van der Waals surface area contributed by atoms with Crippen molar-refractivity contribution in [3.8, 4) is 0 Å². The number of fused-ring (bicyclic) bond motifs is 1. The van der Waals surface area contributed by atoms with Crippen LogP contribution in [0.4, 0.5) is 0 Å². The Kier molecular flexibility index (Phi) is 3.46. The van der Waals surface area contributed by atoms with Crippen molar-refractivity contribution in [1.29, 1.82) is 0 Å². The summed E-state index contributed by atoms with van der Waals surface area (Å²) in [6.45, 7) is 17.3. The van der Waals surface area contributed by atoms with Gasteiger partial charge in [0.15, 0.2) is 0 Å². The summed E-state index contributed by atoms with van der Waals surface area (Å²) in [5.74, 6) is 3.84. The van der Waals surface area contributed by atoms with Gasteiger partial charge in [0.05, 0.1) is 0 Å². The molecule has 0 radical (unpaired) electrons. The lowest BCUT2D eigenvalue weighted by atomic mass is 9.87. The molecule has 0 aromatic rings. The lowest BCUT2D eigenvalue weighted by molar-refractivity contribution is 0.0240. The van der Waals surface area contributed by atoms with E-state index < -0.39 is 0 Å². The Morgan fingerprint density at radius 2 is 1.42 bits per heavy atom. The lowest BCUT2D eigenvalue weighted by Gasteiger charge is -2.46. The standard InChI is InChI=1S/C17H32N2/c1-12(2)15-8-18(9-15)16-6-13-10-19(17(3,4)5)11-14(13)7-16/h12-16H,6-11H2,1-5H3/t13-,14+,16?. The summed E-state index contributed by atoms with van der Waals surface area (Å²) in [5.41, 5.74) is 0.374.